The van der Waals surface area contributed by atoms with Crippen molar-refractivity contribution >= 4 is 16.7 Å². The smallest absolute Gasteiger partial charge is 0.241 e. The molecule has 3 aromatic rings. The summed E-state index contributed by atoms with van der Waals surface area (Å²) in [6.07, 6.45) is 3.60. The van der Waals surface area contributed by atoms with Crippen molar-refractivity contribution in [3.8, 4) is 0 Å². The highest BCUT2D eigenvalue weighted by Crippen LogP contribution is 2.36. The monoisotopic (exact) mass is 398 g/mol. The molecular weight excluding hydrogens is 368 g/mol. The van der Waals surface area contributed by atoms with Gasteiger partial charge in [-0.25, -0.2) is 0 Å². The third-order valence-corrected chi connectivity index (χ3v) is 6.13. The topological polar surface area (TPSA) is 23.3 Å². The molecule has 3 unspecified atom stereocenters. The standard InChI is InChI=1S/C27H30N2O/c1-3-4-18-28(19-17-22-11-6-5-7-12-22)27(30)26-20-29(26)21(2)24-16-10-14-23-13-8-9-15-25(23)24/h3,5-16,21,26H,1,4,17-20H2,2H3. The summed E-state index contributed by atoms with van der Waals surface area (Å²) in [5.41, 5.74) is 2.57. The minimum absolute atomic E-state index is 0.0143. The van der Waals surface area contributed by atoms with Crippen molar-refractivity contribution in [3.63, 3.8) is 0 Å². The largest absolute Gasteiger partial charge is 0.341 e. The van der Waals surface area contributed by atoms with Gasteiger partial charge >= 0.3 is 0 Å². The quantitative estimate of drug-likeness (QED) is 0.364. The van der Waals surface area contributed by atoms with Crippen LogP contribution in [0.1, 0.15) is 30.5 Å². The number of rotatable bonds is 9. The average Bonchev–Trinajstić information content (AvgIpc) is 3.59. The van der Waals surface area contributed by atoms with Crippen LogP contribution in [-0.2, 0) is 11.2 Å². The van der Waals surface area contributed by atoms with E-state index in [1.807, 2.05) is 17.0 Å². The summed E-state index contributed by atoms with van der Waals surface area (Å²) in [6, 6.07) is 25.5. The predicted octanol–water partition coefficient (Wildman–Crippen LogP) is 5.23. The number of carbonyl (C=O) groups excluding carboxylic acids is 1. The van der Waals surface area contributed by atoms with Gasteiger partial charge in [0.1, 0.15) is 6.04 Å². The van der Waals surface area contributed by atoms with E-state index >= 15 is 0 Å². The van der Waals surface area contributed by atoms with Gasteiger partial charge in [0.05, 0.1) is 0 Å². The third-order valence-electron chi connectivity index (χ3n) is 6.13. The van der Waals surface area contributed by atoms with Gasteiger partial charge in [0, 0.05) is 25.7 Å². The maximum atomic E-state index is 13.3. The summed E-state index contributed by atoms with van der Waals surface area (Å²) >= 11 is 0. The first-order valence-corrected chi connectivity index (χ1v) is 10.9. The second-order valence-electron chi connectivity index (χ2n) is 8.10. The summed E-state index contributed by atoms with van der Waals surface area (Å²) in [4.78, 5) is 17.6. The van der Waals surface area contributed by atoms with Gasteiger partial charge < -0.3 is 4.90 Å². The van der Waals surface area contributed by atoms with E-state index in [1.54, 1.807) is 0 Å². The first-order chi connectivity index (χ1) is 14.7. The van der Waals surface area contributed by atoms with E-state index in [1.165, 1.54) is 21.9 Å². The normalized spacial score (nSPS) is 18.7. The minimum atomic E-state index is -0.0143. The van der Waals surface area contributed by atoms with Crippen LogP contribution in [0.4, 0.5) is 0 Å². The van der Waals surface area contributed by atoms with Gasteiger partial charge in [0.2, 0.25) is 5.91 Å². The number of hydrogen-bond acceptors (Lipinski definition) is 2. The maximum absolute atomic E-state index is 13.3. The van der Waals surface area contributed by atoms with Crippen molar-refractivity contribution in [1.82, 2.24) is 9.80 Å². The molecule has 0 bridgehead atoms. The van der Waals surface area contributed by atoms with Crippen molar-refractivity contribution < 1.29 is 4.79 Å². The molecule has 1 aliphatic rings. The van der Waals surface area contributed by atoms with E-state index in [0.717, 1.165) is 32.5 Å². The highest BCUT2D eigenvalue weighted by atomic mass is 16.2. The molecule has 0 aromatic heterocycles. The van der Waals surface area contributed by atoms with Gasteiger partial charge in [0.15, 0.2) is 0 Å². The van der Waals surface area contributed by atoms with Gasteiger partial charge in [0.25, 0.3) is 0 Å². The lowest BCUT2D eigenvalue weighted by Crippen LogP contribution is -2.38. The molecule has 1 amide bonds. The van der Waals surface area contributed by atoms with Crippen LogP contribution in [0, 0.1) is 0 Å². The summed E-state index contributed by atoms with van der Waals surface area (Å²) < 4.78 is 0. The van der Waals surface area contributed by atoms with Crippen LogP contribution in [0.2, 0.25) is 0 Å². The van der Waals surface area contributed by atoms with Crippen molar-refractivity contribution in [2.45, 2.75) is 31.8 Å². The molecule has 1 heterocycles. The van der Waals surface area contributed by atoms with Gasteiger partial charge in [-0.2, -0.15) is 0 Å². The molecule has 3 aromatic carbocycles. The Balaban J connectivity index is 1.44. The first-order valence-electron chi connectivity index (χ1n) is 10.9. The molecule has 3 heteroatoms. The molecule has 1 saturated heterocycles. The Hall–Kier alpha value is -2.91. The van der Waals surface area contributed by atoms with Gasteiger partial charge in [-0.15, -0.1) is 6.58 Å². The summed E-state index contributed by atoms with van der Waals surface area (Å²) in [6.45, 7) is 8.37. The van der Waals surface area contributed by atoms with E-state index in [2.05, 4.69) is 85.1 Å². The lowest BCUT2D eigenvalue weighted by molar-refractivity contribution is -0.131. The molecular formula is C27H30N2O. The lowest BCUT2D eigenvalue weighted by Gasteiger charge is -2.24. The van der Waals surface area contributed by atoms with Crippen LogP contribution >= 0.6 is 0 Å². The fourth-order valence-corrected chi connectivity index (χ4v) is 4.29. The zero-order valence-electron chi connectivity index (χ0n) is 17.7. The average molecular weight is 399 g/mol. The van der Waals surface area contributed by atoms with Crippen molar-refractivity contribution in [3.05, 3.63) is 96.6 Å². The van der Waals surface area contributed by atoms with E-state index in [0.29, 0.717) is 0 Å². The zero-order chi connectivity index (χ0) is 20.9. The van der Waals surface area contributed by atoms with Gasteiger partial charge in [-0.1, -0.05) is 78.9 Å². The second-order valence-corrected chi connectivity index (χ2v) is 8.10. The summed E-state index contributed by atoms with van der Waals surface area (Å²) in [5, 5.41) is 2.53. The van der Waals surface area contributed by atoms with Crippen LogP contribution in [0.3, 0.4) is 0 Å². The van der Waals surface area contributed by atoms with Crippen LogP contribution < -0.4 is 0 Å². The highest BCUT2D eigenvalue weighted by molar-refractivity contribution is 5.87. The number of nitrogens with zero attached hydrogens (tertiary/aromatic N) is 2. The third kappa shape index (κ3) is 4.47. The van der Waals surface area contributed by atoms with E-state index in [4.69, 9.17) is 0 Å². The number of fused-ring (bicyclic) bond motifs is 1. The molecule has 0 radical (unpaired) electrons. The van der Waals surface area contributed by atoms with Crippen molar-refractivity contribution in [1.29, 1.82) is 0 Å². The predicted molar refractivity (Wildman–Crippen MR) is 124 cm³/mol. The van der Waals surface area contributed by atoms with E-state index < -0.39 is 0 Å². The van der Waals surface area contributed by atoms with E-state index in [-0.39, 0.29) is 18.0 Å². The van der Waals surface area contributed by atoms with Gasteiger partial charge in [-0.3, -0.25) is 9.69 Å². The first kappa shape index (κ1) is 20.4. The minimum Gasteiger partial charge on any atom is -0.341 e. The van der Waals surface area contributed by atoms with Crippen LogP contribution in [-0.4, -0.2) is 41.4 Å². The SMILES string of the molecule is C=CCCN(CCc1ccccc1)C(=O)C1CN1C(C)c1cccc2ccccc12. The number of amides is 1. The Kier molecular flexibility index (Phi) is 6.29. The number of carbonyl (C=O) groups is 1. The van der Waals surface area contributed by atoms with E-state index in [9.17, 15) is 4.79 Å². The summed E-state index contributed by atoms with van der Waals surface area (Å²) in [5.74, 6) is 0.250. The maximum Gasteiger partial charge on any atom is 0.241 e. The molecule has 3 atom stereocenters. The molecule has 0 spiro atoms. The molecule has 4 rings (SSSR count). The number of benzene rings is 3. The lowest BCUT2D eigenvalue weighted by atomic mass is 9.99. The van der Waals surface area contributed by atoms with Crippen LogP contribution in [0.15, 0.2) is 85.5 Å². The molecule has 3 nitrogen and oxygen atoms in total. The Morgan fingerprint density at radius 2 is 1.80 bits per heavy atom. The highest BCUT2D eigenvalue weighted by Gasteiger charge is 2.45. The Morgan fingerprint density at radius 3 is 2.60 bits per heavy atom. The zero-order valence-corrected chi connectivity index (χ0v) is 17.7. The Labute approximate surface area is 179 Å². The molecule has 1 fully saturated rings. The fraction of sp³-hybridized carbons (Fsp3) is 0.296. The van der Waals surface area contributed by atoms with Crippen LogP contribution in [0.25, 0.3) is 10.8 Å². The Morgan fingerprint density at radius 1 is 1.07 bits per heavy atom. The molecule has 0 saturated carbocycles. The molecule has 0 aliphatic carbocycles. The molecule has 30 heavy (non-hydrogen) atoms. The number of hydrogen-bond donors (Lipinski definition) is 0. The van der Waals surface area contributed by atoms with Gasteiger partial charge in [-0.05, 0) is 41.7 Å². The van der Waals surface area contributed by atoms with Crippen molar-refractivity contribution in [2.75, 3.05) is 19.6 Å². The van der Waals surface area contributed by atoms with Crippen LogP contribution in [0.5, 0.6) is 0 Å². The molecule has 1 aliphatic heterocycles. The fourth-order valence-electron chi connectivity index (χ4n) is 4.29. The summed E-state index contributed by atoms with van der Waals surface area (Å²) in [7, 11) is 0. The molecule has 154 valence electrons. The van der Waals surface area contributed by atoms with Crippen molar-refractivity contribution in [2.24, 2.45) is 0 Å². The second kappa shape index (κ2) is 9.27. The molecule has 0 N–H and O–H groups in total. The Bertz CT molecular complexity index is 1010.